The maximum absolute atomic E-state index is 12.5. The number of aromatic nitrogens is 3. The topological polar surface area (TPSA) is 125 Å². The second-order valence-electron chi connectivity index (χ2n) is 5.82. The minimum Gasteiger partial charge on any atom is -0.292 e. The summed E-state index contributed by atoms with van der Waals surface area (Å²) in [6.07, 6.45) is 0.976. The Hall–Kier alpha value is -3.40. The van der Waals surface area contributed by atoms with Crippen LogP contribution in [0.3, 0.4) is 0 Å². The Morgan fingerprint density at radius 2 is 1.74 bits per heavy atom. The number of aryl methyl sites for hydroxylation is 1. The molecule has 3 aromatic rings. The molecule has 0 unspecified atom stereocenters. The average Bonchev–Trinajstić information content (AvgIpc) is 3.14. The minimum atomic E-state index is -3.94. The highest BCUT2D eigenvalue weighted by molar-refractivity contribution is 7.89. The van der Waals surface area contributed by atoms with Gasteiger partial charge in [0, 0.05) is 18.6 Å². The Balaban J connectivity index is 1.79. The highest BCUT2D eigenvalue weighted by atomic mass is 32.2. The number of rotatable bonds is 6. The van der Waals surface area contributed by atoms with E-state index in [1.54, 1.807) is 12.1 Å². The first-order valence-electron chi connectivity index (χ1n) is 7.78. The van der Waals surface area contributed by atoms with Crippen LogP contribution in [0.1, 0.15) is 21.6 Å². The molecule has 0 aliphatic carbocycles. The number of nitrogens with zero attached hydrogens (tertiary/aromatic N) is 4. The fourth-order valence-electron chi connectivity index (χ4n) is 2.32. The first kappa shape index (κ1) is 18.4. The number of benzene rings is 2. The molecule has 27 heavy (non-hydrogen) atoms. The quantitative estimate of drug-likeness (QED) is 0.361. The molecule has 9 nitrogen and oxygen atoms in total. The second-order valence-corrected chi connectivity index (χ2v) is 7.61. The largest absolute Gasteiger partial charge is 0.292 e. The predicted octanol–water partition coefficient (Wildman–Crippen LogP) is 2.16. The van der Waals surface area contributed by atoms with Gasteiger partial charge in [0.2, 0.25) is 0 Å². The monoisotopic (exact) mass is 386 g/mol. The summed E-state index contributed by atoms with van der Waals surface area (Å²) in [5.74, 6) is -0.450. The van der Waals surface area contributed by atoms with E-state index in [2.05, 4.69) is 10.3 Å². The van der Waals surface area contributed by atoms with Gasteiger partial charge in [-0.3, -0.25) is 14.9 Å². The van der Waals surface area contributed by atoms with E-state index < -0.39 is 20.7 Å². The second kappa shape index (κ2) is 7.08. The van der Waals surface area contributed by atoms with Gasteiger partial charge in [-0.25, -0.2) is 0 Å². The molecule has 1 aromatic heterocycles. The van der Waals surface area contributed by atoms with Gasteiger partial charge in [0.25, 0.3) is 15.7 Å². The van der Waals surface area contributed by atoms with E-state index >= 15 is 0 Å². The molecule has 0 radical (unpaired) electrons. The molecule has 0 N–H and O–H groups in total. The lowest BCUT2D eigenvalue weighted by atomic mass is 10.1. The number of ketones is 1. The Morgan fingerprint density at radius 3 is 2.33 bits per heavy atom. The van der Waals surface area contributed by atoms with E-state index in [4.69, 9.17) is 0 Å². The van der Waals surface area contributed by atoms with E-state index in [1.807, 2.05) is 6.92 Å². The third-order valence-electron chi connectivity index (χ3n) is 3.84. The smallest absolute Gasteiger partial charge is 0.284 e. The normalized spacial score (nSPS) is 11.3. The Morgan fingerprint density at radius 1 is 1.11 bits per heavy atom. The maximum Gasteiger partial charge on any atom is 0.284 e. The third kappa shape index (κ3) is 3.90. The van der Waals surface area contributed by atoms with E-state index in [0.29, 0.717) is 9.65 Å². The van der Waals surface area contributed by atoms with Crippen LogP contribution in [0.15, 0.2) is 59.6 Å². The molecular weight excluding hydrogens is 372 g/mol. The molecule has 0 fully saturated rings. The Kier molecular flexibility index (Phi) is 4.82. The lowest BCUT2D eigenvalue weighted by Gasteiger charge is -2.03. The summed E-state index contributed by atoms with van der Waals surface area (Å²) >= 11 is 0. The van der Waals surface area contributed by atoms with Gasteiger partial charge in [-0.2, -0.15) is 8.42 Å². The molecule has 138 valence electrons. The molecule has 0 bridgehead atoms. The van der Waals surface area contributed by atoms with Crippen molar-refractivity contribution >= 4 is 21.5 Å². The number of carbonyl (C=O) groups is 1. The van der Waals surface area contributed by atoms with Crippen LogP contribution < -0.4 is 0 Å². The fraction of sp³-hybridized carbons (Fsp3) is 0.118. The van der Waals surface area contributed by atoms with Crippen LogP contribution in [-0.4, -0.2) is 33.5 Å². The standard InChI is InChI=1S/C17H14N4O5S/c1-12-2-8-15(9-3-12)27(25,26)20-11-16(18-19-20)17(22)10-13-4-6-14(7-5-13)21(23)24/h2-9,11H,10H2,1H3. The van der Waals surface area contributed by atoms with Gasteiger partial charge in [-0.1, -0.05) is 35.0 Å². The first-order chi connectivity index (χ1) is 12.8. The summed E-state index contributed by atoms with van der Waals surface area (Å²) in [6.45, 7) is 1.83. The van der Waals surface area contributed by atoms with Crippen molar-refractivity contribution < 1.29 is 18.1 Å². The van der Waals surface area contributed by atoms with Crippen molar-refractivity contribution in [2.24, 2.45) is 0 Å². The Bertz CT molecular complexity index is 1100. The molecule has 0 amide bonds. The number of hydrogen-bond acceptors (Lipinski definition) is 7. The van der Waals surface area contributed by atoms with Crippen molar-refractivity contribution in [2.75, 3.05) is 0 Å². The van der Waals surface area contributed by atoms with Gasteiger partial charge in [-0.05, 0) is 24.6 Å². The summed E-state index contributed by atoms with van der Waals surface area (Å²) in [5.41, 5.74) is 1.26. The van der Waals surface area contributed by atoms with Crippen LogP contribution in [-0.2, 0) is 16.4 Å². The minimum absolute atomic E-state index is 0.0346. The van der Waals surface area contributed by atoms with Crippen LogP contribution in [0.2, 0.25) is 0 Å². The third-order valence-corrected chi connectivity index (χ3v) is 5.37. The van der Waals surface area contributed by atoms with Gasteiger partial charge in [0.15, 0.2) is 5.78 Å². The molecule has 10 heteroatoms. The zero-order valence-electron chi connectivity index (χ0n) is 14.1. The predicted molar refractivity (Wildman–Crippen MR) is 94.9 cm³/mol. The van der Waals surface area contributed by atoms with Crippen molar-refractivity contribution in [3.05, 3.63) is 81.7 Å². The molecule has 3 rings (SSSR count). The number of hydrogen-bond donors (Lipinski definition) is 0. The summed E-state index contributed by atoms with van der Waals surface area (Å²) in [4.78, 5) is 22.5. The summed E-state index contributed by atoms with van der Waals surface area (Å²) in [6, 6.07) is 11.7. The molecule has 0 aliphatic heterocycles. The molecule has 0 saturated carbocycles. The number of nitro groups is 1. The lowest BCUT2D eigenvalue weighted by Crippen LogP contribution is -2.13. The Labute approximate surface area is 154 Å². The fourth-order valence-corrected chi connectivity index (χ4v) is 3.39. The van der Waals surface area contributed by atoms with Gasteiger partial charge in [-0.15, -0.1) is 9.19 Å². The van der Waals surface area contributed by atoms with Gasteiger partial charge in [0.05, 0.1) is 16.0 Å². The van der Waals surface area contributed by atoms with Gasteiger partial charge < -0.3 is 0 Å². The van der Waals surface area contributed by atoms with Crippen molar-refractivity contribution in [3.8, 4) is 0 Å². The van der Waals surface area contributed by atoms with Crippen LogP contribution in [0.4, 0.5) is 5.69 Å². The number of nitro benzene ring substituents is 1. The van der Waals surface area contributed by atoms with Crippen LogP contribution in [0, 0.1) is 17.0 Å². The highest BCUT2D eigenvalue weighted by Gasteiger charge is 2.21. The number of carbonyl (C=O) groups excluding carboxylic acids is 1. The zero-order chi connectivity index (χ0) is 19.6. The zero-order valence-corrected chi connectivity index (χ0v) is 15.0. The highest BCUT2D eigenvalue weighted by Crippen LogP contribution is 2.16. The van der Waals surface area contributed by atoms with Crippen molar-refractivity contribution in [2.45, 2.75) is 18.2 Å². The molecule has 0 saturated heterocycles. The van der Waals surface area contributed by atoms with Gasteiger partial charge >= 0.3 is 0 Å². The molecular formula is C17H14N4O5S. The van der Waals surface area contributed by atoms with Crippen molar-refractivity contribution in [1.82, 2.24) is 14.4 Å². The molecule has 1 heterocycles. The average molecular weight is 386 g/mol. The van der Waals surface area contributed by atoms with E-state index in [0.717, 1.165) is 11.8 Å². The van der Waals surface area contributed by atoms with E-state index in [1.165, 1.54) is 36.4 Å². The molecule has 2 aromatic carbocycles. The van der Waals surface area contributed by atoms with Crippen molar-refractivity contribution in [1.29, 1.82) is 0 Å². The van der Waals surface area contributed by atoms with Crippen molar-refractivity contribution in [3.63, 3.8) is 0 Å². The first-order valence-corrected chi connectivity index (χ1v) is 9.22. The summed E-state index contributed by atoms with van der Waals surface area (Å²) in [7, 11) is -3.94. The summed E-state index contributed by atoms with van der Waals surface area (Å²) < 4.78 is 25.7. The van der Waals surface area contributed by atoms with Crippen LogP contribution in [0.25, 0.3) is 0 Å². The molecule has 0 aliphatic rings. The maximum atomic E-state index is 12.5. The van der Waals surface area contributed by atoms with Crippen LogP contribution in [0.5, 0.6) is 0 Å². The lowest BCUT2D eigenvalue weighted by molar-refractivity contribution is -0.384. The van der Waals surface area contributed by atoms with Crippen LogP contribution >= 0.6 is 0 Å². The van der Waals surface area contributed by atoms with E-state index in [9.17, 15) is 23.3 Å². The SMILES string of the molecule is Cc1ccc(S(=O)(=O)n2cc(C(=O)Cc3ccc([N+](=O)[O-])cc3)nn2)cc1. The molecule has 0 spiro atoms. The number of Topliss-reactive ketones (excluding diaryl/α,β-unsaturated/α-hetero) is 1. The van der Waals surface area contributed by atoms with E-state index in [-0.39, 0.29) is 22.7 Å². The number of non-ortho nitro benzene ring substituents is 1. The van der Waals surface area contributed by atoms with Gasteiger partial charge in [0.1, 0.15) is 5.69 Å². The summed E-state index contributed by atoms with van der Waals surface area (Å²) in [5, 5.41) is 17.8. The molecule has 0 atom stereocenters.